The Balaban J connectivity index is 2.08. The highest BCUT2D eigenvalue weighted by Gasteiger charge is 2.07. The van der Waals surface area contributed by atoms with Gasteiger partial charge in [-0.2, -0.15) is 0 Å². The van der Waals surface area contributed by atoms with Gasteiger partial charge < -0.3 is 8.98 Å². The van der Waals surface area contributed by atoms with Crippen molar-refractivity contribution in [1.29, 1.82) is 0 Å². The first kappa shape index (κ1) is 10.2. The minimum absolute atomic E-state index is 0.799. The van der Waals surface area contributed by atoms with Gasteiger partial charge in [0, 0.05) is 11.2 Å². The van der Waals surface area contributed by atoms with Gasteiger partial charge in [0.05, 0.1) is 6.54 Å². The molecule has 3 rings (SSSR count). The van der Waals surface area contributed by atoms with Crippen LogP contribution in [0.2, 0.25) is 0 Å². The molecule has 3 aromatic rings. The van der Waals surface area contributed by atoms with Crippen molar-refractivity contribution in [2.75, 3.05) is 0 Å². The van der Waals surface area contributed by atoms with E-state index >= 15 is 0 Å². The van der Waals surface area contributed by atoms with Gasteiger partial charge in [-0.25, -0.2) is 0 Å². The minimum atomic E-state index is 0.799. The third-order valence-corrected chi connectivity index (χ3v) is 3.13. The maximum atomic E-state index is 5.64. The number of hydrogen-bond donors (Lipinski definition) is 0. The summed E-state index contributed by atoms with van der Waals surface area (Å²) in [5.74, 6) is 1.97. The highest BCUT2D eigenvalue weighted by molar-refractivity contribution is 5.81. The van der Waals surface area contributed by atoms with Crippen molar-refractivity contribution < 1.29 is 4.42 Å². The van der Waals surface area contributed by atoms with Crippen molar-refractivity contribution in [3.63, 3.8) is 0 Å². The first-order valence-corrected chi connectivity index (χ1v) is 5.84. The van der Waals surface area contributed by atoms with Crippen molar-refractivity contribution in [3.05, 3.63) is 59.7 Å². The Morgan fingerprint density at radius 1 is 1.06 bits per heavy atom. The van der Waals surface area contributed by atoms with Gasteiger partial charge >= 0.3 is 0 Å². The number of aromatic nitrogens is 1. The van der Waals surface area contributed by atoms with Crippen LogP contribution in [0.15, 0.2) is 46.9 Å². The topological polar surface area (TPSA) is 18.1 Å². The molecule has 17 heavy (non-hydrogen) atoms. The number of benzene rings is 1. The van der Waals surface area contributed by atoms with Gasteiger partial charge in [-0.1, -0.05) is 18.2 Å². The molecule has 2 aromatic heterocycles. The van der Waals surface area contributed by atoms with Gasteiger partial charge in [0.2, 0.25) is 0 Å². The second-order valence-electron chi connectivity index (χ2n) is 4.44. The monoisotopic (exact) mass is 225 g/mol. The molecular weight excluding hydrogens is 210 g/mol. The summed E-state index contributed by atoms with van der Waals surface area (Å²) in [5.41, 5.74) is 2.53. The lowest BCUT2D eigenvalue weighted by atomic mass is 10.2. The normalized spacial score (nSPS) is 11.2. The third kappa shape index (κ3) is 1.76. The molecule has 0 spiro atoms. The molecule has 0 fully saturated rings. The van der Waals surface area contributed by atoms with E-state index in [9.17, 15) is 0 Å². The SMILES string of the molecule is Cc1ccc(Cn2c(C)cc3ccccc32)o1. The summed E-state index contributed by atoms with van der Waals surface area (Å²) >= 11 is 0. The lowest BCUT2D eigenvalue weighted by molar-refractivity contribution is 0.471. The Bertz CT molecular complexity index is 660. The van der Waals surface area contributed by atoms with E-state index in [1.807, 2.05) is 19.1 Å². The third-order valence-electron chi connectivity index (χ3n) is 3.13. The number of hydrogen-bond acceptors (Lipinski definition) is 1. The number of furan rings is 1. The van der Waals surface area contributed by atoms with Crippen LogP contribution in [0.1, 0.15) is 17.2 Å². The Morgan fingerprint density at radius 2 is 1.88 bits per heavy atom. The number of rotatable bonds is 2. The second kappa shape index (κ2) is 3.81. The van der Waals surface area contributed by atoms with Crippen molar-refractivity contribution in [2.24, 2.45) is 0 Å². The largest absolute Gasteiger partial charge is 0.464 e. The van der Waals surface area contributed by atoms with E-state index in [2.05, 4.69) is 41.8 Å². The molecule has 2 nitrogen and oxygen atoms in total. The van der Waals surface area contributed by atoms with Crippen LogP contribution >= 0.6 is 0 Å². The molecule has 0 saturated heterocycles. The molecule has 0 amide bonds. The van der Waals surface area contributed by atoms with Crippen LogP contribution in [-0.2, 0) is 6.54 Å². The lowest BCUT2D eigenvalue weighted by Crippen LogP contribution is -2.00. The molecular formula is C15H15NO. The Kier molecular flexibility index (Phi) is 2.29. The van der Waals surface area contributed by atoms with E-state index in [0.29, 0.717) is 0 Å². The highest BCUT2D eigenvalue weighted by atomic mass is 16.3. The van der Waals surface area contributed by atoms with Crippen LogP contribution in [0.25, 0.3) is 10.9 Å². The molecule has 0 aliphatic carbocycles. The predicted octanol–water partition coefficient (Wildman–Crippen LogP) is 3.90. The van der Waals surface area contributed by atoms with Gasteiger partial charge in [-0.3, -0.25) is 0 Å². The molecule has 0 unspecified atom stereocenters. The van der Waals surface area contributed by atoms with Crippen LogP contribution in [-0.4, -0.2) is 4.57 Å². The predicted molar refractivity (Wildman–Crippen MR) is 69.2 cm³/mol. The van der Waals surface area contributed by atoms with Gasteiger partial charge in [-0.05, 0) is 43.5 Å². The van der Waals surface area contributed by atoms with Crippen molar-refractivity contribution >= 4 is 10.9 Å². The van der Waals surface area contributed by atoms with Gasteiger partial charge in [0.15, 0.2) is 0 Å². The van der Waals surface area contributed by atoms with Crippen molar-refractivity contribution in [3.8, 4) is 0 Å². The standard InChI is InChI=1S/C15H15NO/c1-11-9-13-5-3-4-6-15(13)16(11)10-14-8-7-12(2)17-14/h3-9H,10H2,1-2H3. The first-order chi connectivity index (χ1) is 8.24. The van der Waals surface area contributed by atoms with Crippen LogP contribution in [0.3, 0.4) is 0 Å². The molecule has 0 aliphatic heterocycles. The fourth-order valence-corrected chi connectivity index (χ4v) is 2.28. The first-order valence-electron chi connectivity index (χ1n) is 5.84. The summed E-state index contributed by atoms with van der Waals surface area (Å²) in [6, 6.07) is 14.7. The van der Waals surface area contributed by atoms with E-state index in [-0.39, 0.29) is 0 Å². The average molecular weight is 225 g/mol. The molecule has 0 aliphatic rings. The maximum Gasteiger partial charge on any atom is 0.123 e. The molecule has 86 valence electrons. The molecule has 0 bridgehead atoms. The van der Waals surface area contributed by atoms with E-state index in [0.717, 1.165) is 18.1 Å². The Hall–Kier alpha value is -1.96. The molecule has 0 N–H and O–H groups in total. The summed E-state index contributed by atoms with van der Waals surface area (Å²) in [6.45, 7) is 4.91. The minimum Gasteiger partial charge on any atom is -0.464 e. The van der Waals surface area contributed by atoms with E-state index in [4.69, 9.17) is 4.42 Å². The van der Waals surface area contributed by atoms with Crippen LogP contribution in [0.4, 0.5) is 0 Å². The summed E-state index contributed by atoms with van der Waals surface area (Å²) < 4.78 is 7.93. The van der Waals surface area contributed by atoms with E-state index < -0.39 is 0 Å². The Morgan fingerprint density at radius 3 is 2.65 bits per heavy atom. The fraction of sp³-hybridized carbons (Fsp3) is 0.200. The van der Waals surface area contributed by atoms with Gasteiger partial charge in [0.25, 0.3) is 0 Å². The molecule has 0 atom stereocenters. The number of para-hydroxylation sites is 1. The summed E-state index contributed by atoms with van der Waals surface area (Å²) in [5, 5.41) is 1.29. The summed E-state index contributed by atoms with van der Waals surface area (Å²) in [4.78, 5) is 0. The molecule has 0 radical (unpaired) electrons. The number of nitrogens with zero attached hydrogens (tertiary/aromatic N) is 1. The van der Waals surface area contributed by atoms with Crippen molar-refractivity contribution in [1.82, 2.24) is 4.57 Å². The van der Waals surface area contributed by atoms with E-state index in [1.165, 1.54) is 16.6 Å². The van der Waals surface area contributed by atoms with Crippen molar-refractivity contribution in [2.45, 2.75) is 20.4 Å². The smallest absolute Gasteiger partial charge is 0.123 e. The summed E-state index contributed by atoms with van der Waals surface area (Å²) in [7, 11) is 0. The average Bonchev–Trinajstić information content (AvgIpc) is 2.85. The number of fused-ring (bicyclic) bond motifs is 1. The van der Waals surface area contributed by atoms with E-state index in [1.54, 1.807) is 0 Å². The zero-order valence-corrected chi connectivity index (χ0v) is 10.1. The summed E-state index contributed by atoms with van der Waals surface area (Å²) in [6.07, 6.45) is 0. The highest BCUT2D eigenvalue weighted by Crippen LogP contribution is 2.21. The fourth-order valence-electron chi connectivity index (χ4n) is 2.28. The zero-order chi connectivity index (χ0) is 11.8. The van der Waals surface area contributed by atoms with Crippen LogP contribution < -0.4 is 0 Å². The Labute approximate surface area is 100 Å². The zero-order valence-electron chi connectivity index (χ0n) is 10.1. The second-order valence-corrected chi connectivity index (χ2v) is 4.44. The molecule has 2 heterocycles. The quantitative estimate of drug-likeness (QED) is 0.647. The lowest BCUT2D eigenvalue weighted by Gasteiger charge is -2.05. The van der Waals surface area contributed by atoms with Crippen LogP contribution in [0, 0.1) is 13.8 Å². The molecule has 0 saturated carbocycles. The van der Waals surface area contributed by atoms with Gasteiger partial charge in [0.1, 0.15) is 11.5 Å². The van der Waals surface area contributed by atoms with Crippen LogP contribution in [0.5, 0.6) is 0 Å². The maximum absolute atomic E-state index is 5.64. The molecule has 1 aromatic carbocycles. The number of aryl methyl sites for hydroxylation is 2. The van der Waals surface area contributed by atoms with Gasteiger partial charge in [-0.15, -0.1) is 0 Å². The molecule has 2 heteroatoms.